The molecular formula is C18H16F2I2O4. The van der Waals surface area contributed by atoms with E-state index in [1.165, 1.54) is 18.2 Å². The third-order valence-corrected chi connectivity index (χ3v) is 5.41. The van der Waals surface area contributed by atoms with Gasteiger partial charge >= 0.3 is 11.9 Å². The fourth-order valence-electron chi connectivity index (χ4n) is 2.01. The summed E-state index contributed by atoms with van der Waals surface area (Å²) in [5, 5.41) is 8.70. The molecule has 0 saturated heterocycles. The summed E-state index contributed by atoms with van der Waals surface area (Å²) in [6, 6.07) is 5.65. The molecule has 2 aromatic carbocycles. The van der Waals surface area contributed by atoms with E-state index in [0.717, 1.165) is 5.56 Å². The number of aryl methyl sites for hydroxylation is 2. The molecule has 0 amide bonds. The van der Waals surface area contributed by atoms with Gasteiger partial charge in [0.15, 0.2) is 0 Å². The molecule has 0 unspecified atom stereocenters. The molecule has 0 saturated carbocycles. The molecule has 0 heterocycles. The molecule has 0 radical (unpaired) electrons. The topological polar surface area (TPSA) is 63.6 Å². The average Bonchev–Trinajstić information content (AvgIpc) is 2.56. The van der Waals surface area contributed by atoms with Crippen molar-refractivity contribution in [3.63, 3.8) is 0 Å². The lowest BCUT2D eigenvalue weighted by atomic mass is 10.1. The molecule has 0 aliphatic rings. The number of hydrogen-bond donors (Lipinski definition) is 1. The van der Waals surface area contributed by atoms with Crippen LogP contribution >= 0.6 is 45.2 Å². The number of halogens is 4. The molecule has 0 bridgehead atoms. The molecule has 0 aromatic heterocycles. The number of ether oxygens (including phenoxy) is 1. The summed E-state index contributed by atoms with van der Waals surface area (Å²) in [5.74, 6) is -2.43. The second-order valence-electron chi connectivity index (χ2n) is 5.13. The molecule has 0 fully saturated rings. The zero-order valence-electron chi connectivity index (χ0n) is 14.2. The number of carboxylic acid groups (broad SMARTS) is 1. The van der Waals surface area contributed by atoms with Gasteiger partial charge in [-0.15, -0.1) is 0 Å². The van der Waals surface area contributed by atoms with Crippen molar-refractivity contribution in [1.29, 1.82) is 0 Å². The Kier molecular flexibility index (Phi) is 8.87. The number of benzene rings is 2. The minimum atomic E-state index is -1.09. The maximum absolute atomic E-state index is 13.1. The van der Waals surface area contributed by atoms with Gasteiger partial charge in [0.25, 0.3) is 0 Å². The van der Waals surface area contributed by atoms with Gasteiger partial charge in [-0.25, -0.2) is 18.4 Å². The first kappa shape index (κ1) is 22.7. The van der Waals surface area contributed by atoms with E-state index < -0.39 is 17.8 Å². The van der Waals surface area contributed by atoms with Crippen LogP contribution in [0.3, 0.4) is 0 Å². The Balaban J connectivity index is 0.000000263. The summed E-state index contributed by atoms with van der Waals surface area (Å²) < 4.78 is 31.3. The van der Waals surface area contributed by atoms with E-state index in [0.29, 0.717) is 21.3 Å². The van der Waals surface area contributed by atoms with Crippen molar-refractivity contribution in [2.24, 2.45) is 0 Å². The summed E-state index contributed by atoms with van der Waals surface area (Å²) in [6.45, 7) is 5.42. The summed E-state index contributed by atoms with van der Waals surface area (Å²) in [4.78, 5) is 22.1. The van der Waals surface area contributed by atoms with E-state index in [2.05, 4.69) is 0 Å². The molecule has 4 nitrogen and oxygen atoms in total. The molecule has 2 aromatic rings. The zero-order valence-corrected chi connectivity index (χ0v) is 18.5. The minimum absolute atomic E-state index is 0.0515. The number of carbonyl (C=O) groups excluding carboxylic acids is 1. The monoisotopic (exact) mass is 588 g/mol. The lowest BCUT2D eigenvalue weighted by Crippen LogP contribution is -2.10. The molecule has 0 aliphatic carbocycles. The highest BCUT2D eigenvalue weighted by Crippen LogP contribution is 2.21. The maximum atomic E-state index is 13.1. The Morgan fingerprint density at radius 2 is 1.38 bits per heavy atom. The van der Waals surface area contributed by atoms with E-state index in [9.17, 15) is 18.4 Å². The quantitative estimate of drug-likeness (QED) is 0.388. The van der Waals surface area contributed by atoms with Crippen LogP contribution in [0.4, 0.5) is 8.78 Å². The van der Waals surface area contributed by atoms with Crippen molar-refractivity contribution in [2.45, 2.75) is 20.8 Å². The summed E-state index contributed by atoms with van der Waals surface area (Å²) in [6.07, 6.45) is 0. The van der Waals surface area contributed by atoms with E-state index in [-0.39, 0.29) is 15.0 Å². The highest BCUT2D eigenvalue weighted by molar-refractivity contribution is 14.1. The Labute approximate surface area is 177 Å². The minimum Gasteiger partial charge on any atom is -0.478 e. The van der Waals surface area contributed by atoms with Crippen LogP contribution < -0.4 is 0 Å². The third kappa shape index (κ3) is 5.60. The molecule has 0 aliphatic heterocycles. The van der Waals surface area contributed by atoms with Crippen LogP contribution in [0, 0.1) is 32.6 Å². The number of rotatable bonds is 3. The van der Waals surface area contributed by atoms with Gasteiger partial charge in [0, 0.05) is 0 Å². The van der Waals surface area contributed by atoms with E-state index >= 15 is 0 Å². The highest BCUT2D eigenvalue weighted by atomic mass is 127. The number of carbonyl (C=O) groups is 2. The van der Waals surface area contributed by atoms with Crippen molar-refractivity contribution >= 4 is 57.1 Å². The van der Waals surface area contributed by atoms with Gasteiger partial charge in [0.2, 0.25) is 0 Å². The highest BCUT2D eigenvalue weighted by Gasteiger charge is 2.17. The summed E-state index contributed by atoms with van der Waals surface area (Å²) in [5.41, 5.74) is 1.69. The van der Waals surface area contributed by atoms with Crippen LogP contribution in [-0.2, 0) is 4.74 Å². The fourth-order valence-corrected chi connectivity index (χ4v) is 3.67. The standard InChI is InChI=1S/C10H10FIO2.C8H6FIO2/c1-3-14-10(13)8-6(2)4-5-7(11)9(8)12;1-4-2-3-5(9)7(10)6(4)8(11)12/h4-5H,3H2,1-2H3;2-3H,1H3,(H,11,12). The Bertz CT molecular complexity index is 838. The molecule has 0 spiro atoms. The predicted molar refractivity (Wildman–Crippen MR) is 111 cm³/mol. The first-order chi connectivity index (χ1) is 12.1. The lowest BCUT2D eigenvalue weighted by Gasteiger charge is -2.07. The first-order valence-corrected chi connectivity index (χ1v) is 9.57. The largest absolute Gasteiger partial charge is 0.478 e. The van der Waals surface area contributed by atoms with Crippen LogP contribution in [0.15, 0.2) is 24.3 Å². The third-order valence-electron chi connectivity index (χ3n) is 3.30. The number of hydrogen-bond acceptors (Lipinski definition) is 3. The second kappa shape index (κ2) is 10.1. The lowest BCUT2D eigenvalue weighted by molar-refractivity contribution is 0.0523. The number of esters is 1. The fraction of sp³-hybridized carbons (Fsp3) is 0.222. The summed E-state index contributed by atoms with van der Waals surface area (Å²) >= 11 is 3.50. The Morgan fingerprint density at radius 1 is 0.962 bits per heavy atom. The first-order valence-electron chi connectivity index (χ1n) is 7.41. The molecule has 1 N–H and O–H groups in total. The van der Waals surface area contributed by atoms with Crippen LogP contribution in [0.2, 0.25) is 0 Å². The van der Waals surface area contributed by atoms with Crippen LogP contribution in [0.25, 0.3) is 0 Å². The van der Waals surface area contributed by atoms with Gasteiger partial charge in [-0.05, 0) is 89.2 Å². The molecular weight excluding hydrogens is 572 g/mol. The molecule has 26 heavy (non-hydrogen) atoms. The smallest absolute Gasteiger partial charge is 0.339 e. The Morgan fingerprint density at radius 3 is 1.77 bits per heavy atom. The van der Waals surface area contributed by atoms with Crippen molar-refractivity contribution in [1.82, 2.24) is 0 Å². The number of carboxylic acids is 1. The SMILES string of the molecule is CCOC(=O)c1c(C)ccc(F)c1I.Cc1ccc(F)c(I)c1C(=O)O. The van der Waals surface area contributed by atoms with Gasteiger partial charge in [0.05, 0.1) is 24.9 Å². The Hall–Kier alpha value is -1.30. The molecule has 8 heteroatoms. The van der Waals surface area contributed by atoms with Gasteiger partial charge in [-0.1, -0.05) is 12.1 Å². The molecule has 0 atom stereocenters. The van der Waals surface area contributed by atoms with Gasteiger partial charge in [0.1, 0.15) is 11.6 Å². The van der Waals surface area contributed by atoms with Crippen molar-refractivity contribution in [3.8, 4) is 0 Å². The average molecular weight is 588 g/mol. The van der Waals surface area contributed by atoms with Crippen molar-refractivity contribution in [2.75, 3.05) is 6.61 Å². The molecule has 2 rings (SSSR count). The van der Waals surface area contributed by atoms with Crippen LogP contribution in [0.5, 0.6) is 0 Å². The van der Waals surface area contributed by atoms with E-state index in [1.54, 1.807) is 49.4 Å². The number of aromatic carboxylic acids is 1. The second-order valence-corrected chi connectivity index (χ2v) is 7.29. The summed E-state index contributed by atoms with van der Waals surface area (Å²) in [7, 11) is 0. The normalized spacial score (nSPS) is 9.96. The zero-order chi connectivity index (χ0) is 20.0. The van der Waals surface area contributed by atoms with E-state index in [4.69, 9.17) is 9.84 Å². The van der Waals surface area contributed by atoms with Crippen molar-refractivity contribution in [3.05, 3.63) is 65.3 Å². The molecule has 140 valence electrons. The van der Waals surface area contributed by atoms with Crippen LogP contribution in [0.1, 0.15) is 38.8 Å². The van der Waals surface area contributed by atoms with Crippen LogP contribution in [-0.4, -0.2) is 23.7 Å². The van der Waals surface area contributed by atoms with Crippen molar-refractivity contribution < 1.29 is 28.2 Å². The van der Waals surface area contributed by atoms with Gasteiger partial charge in [-0.3, -0.25) is 0 Å². The predicted octanol–water partition coefficient (Wildman–Crippen LogP) is 5.35. The van der Waals surface area contributed by atoms with Gasteiger partial charge in [-0.2, -0.15) is 0 Å². The maximum Gasteiger partial charge on any atom is 0.339 e. The van der Waals surface area contributed by atoms with E-state index in [1.807, 2.05) is 22.6 Å². The van der Waals surface area contributed by atoms with Gasteiger partial charge < -0.3 is 9.84 Å².